The summed E-state index contributed by atoms with van der Waals surface area (Å²) in [4.78, 5) is 4.49. The Morgan fingerprint density at radius 3 is 3.08 bits per heavy atom. The Kier molecular flexibility index (Phi) is 2.36. The van der Waals surface area contributed by atoms with E-state index >= 15 is 0 Å². The van der Waals surface area contributed by atoms with E-state index in [1.54, 1.807) is 0 Å². The van der Waals surface area contributed by atoms with E-state index in [0.29, 0.717) is 0 Å². The van der Waals surface area contributed by atoms with Crippen LogP contribution in [-0.2, 0) is 6.42 Å². The van der Waals surface area contributed by atoms with Gasteiger partial charge in [-0.15, -0.1) is 0 Å². The maximum atomic E-state index is 5.93. The van der Waals surface area contributed by atoms with Gasteiger partial charge in [0.05, 0.1) is 0 Å². The Hall–Kier alpha value is -0.820. The van der Waals surface area contributed by atoms with Crippen molar-refractivity contribution in [1.29, 1.82) is 0 Å². The molecule has 0 N–H and O–H groups in total. The zero-order chi connectivity index (χ0) is 9.26. The van der Waals surface area contributed by atoms with Crippen LogP contribution in [0.3, 0.4) is 0 Å². The average molecular weight is 194 g/mol. The average Bonchev–Trinajstić information content (AvgIpc) is 2.16. The lowest BCUT2D eigenvalue weighted by atomic mass is 9.96. The molecule has 1 aliphatic heterocycles. The van der Waals surface area contributed by atoms with Crippen molar-refractivity contribution in [2.24, 2.45) is 4.99 Å². The van der Waals surface area contributed by atoms with Gasteiger partial charge in [-0.3, -0.25) is 4.99 Å². The van der Waals surface area contributed by atoms with Gasteiger partial charge in [-0.1, -0.05) is 24.6 Å². The molecule has 0 amide bonds. The Labute approximate surface area is 83.4 Å². The summed E-state index contributed by atoms with van der Waals surface area (Å²) >= 11 is 5.93. The van der Waals surface area contributed by atoms with Crippen LogP contribution in [0.5, 0.6) is 0 Å². The standard InChI is InChI=1S/C11H12ClN/c1-2-11-10-4-3-9(12)7-8(10)5-6-13-11/h3-4,7H,2,5-6H2,1H3. The molecule has 1 aromatic carbocycles. The molecule has 13 heavy (non-hydrogen) atoms. The topological polar surface area (TPSA) is 12.4 Å². The minimum absolute atomic E-state index is 0.830. The summed E-state index contributed by atoms with van der Waals surface area (Å²) < 4.78 is 0. The first kappa shape index (κ1) is 8.76. The minimum Gasteiger partial charge on any atom is -0.289 e. The fourth-order valence-electron chi connectivity index (χ4n) is 1.75. The molecular weight excluding hydrogens is 182 g/mol. The molecule has 0 atom stereocenters. The molecular formula is C11H12ClN. The van der Waals surface area contributed by atoms with Gasteiger partial charge < -0.3 is 0 Å². The van der Waals surface area contributed by atoms with E-state index in [9.17, 15) is 0 Å². The van der Waals surface area contributed by atoms with Gasteiger partial charge >= 0.3 is 0 Å². The lowest BCUT2D eigenvalue weighted by molar-refractivity contribution is 0.931. The molecule has 1 heterocycles. The third-order valence-electron chi connectivity index (χ3n) is 2.40. The lowest BCUT2D eigenvalue weighted by Crippen LogP contribution is -2.11. The van der Waals surface area contributed by atoms with E-state index in [2.05, 4.69) is 24.0 Å². The number of benzene rings is 1. The van der Waals surface area contributed by atoms with Gasteiger partial charge in [0.15, 0.2) is 0 Å². The van der Waals surface area contributed by atoms with Crippen LogP contribution in [0.1, 0.15) is 24.5 Å². The fourth-order valence-corrected chi connectivity index (χ4v) is 1.94. The normalized spacial score (nSPS) is 15.1. The molecule has 2 heteroatoms. The molecule has 0 aromatic heterocycles. The highest BCUT2D eigenvalue weighted by Gasteiger charge is 2.11. The van der Waals surface area contributed by atoms with Crippen molar-refractivity contribution in [1.82, 2.24) is 0 Å². The second kappa shape index (κ2) is 3.51. The minimum atomic E-state index is 0.830. The first-order valence-corrected chi connectivity index (χ1v) is 5.01. The summed E-state index contributed by atoms with van der Waals surface area (Å²) in [6.45, 7) is 3.05. The maximum absolute atomic E-state index is 5.93. The predicted molar refractivity (Wildman–Crippen MR) is 56.9 cm³/mol. The van der Waals surface area contributed by atoms with Crippen LogP contribution >= 0.6 is 11.6 Å². The molecule has 1 nitrogen and oxygen atoms in total. The maximum Gasteiger partial charge on any atom is 0.0433 e. The molecule has 1 aromatic rings. The molecule has 0 saturated heterocycles. The number of hydrogen-bond acceptors (Lipinski definition) is 1. The molecule has 0 aliphatic carbocycles. The third-order valence-corrected chi connectivity index (χ3v) is 2.63. The molecule has 1 aliphatic rings. The van der Waals surface area contributed by atoms with E-state index in [0.717, 1.165) is 24.4 Å². The summed E-state index contributed by atoms with van der Waals surface area (Å²) in [6, 6.07) is 6.08. The first-order chi connectivity index (χ1) is 6.31. The van der Waals surface area contributed by atoms with Gasteiger partial charge in [-0.05, 0) is 36.1 Å². The van der Waals surface area contributed by atoms with Crippen LogP contribution in [0.4, 0.5) is 0 Å². The van der Waals surface area contributed by atoms with Gasteiger partial charge in [0, 0.05) is 17.3 Å². The van der Waals surface area contributed by atoms with Crippen molar-refractivity contribution in [2.75, 3.05) is 6.54 Å². The van der Waals surface area contributed by atoms with Crippen molar-refractivity contribution in [3.63, 3.8) is 0 Å². The molecule has 2 rings (SSSR count). The summed E-state index contributed by atoms with van der Waals surface area (Å²) in [6.07, 6.45) is 2.04. The molecule has 0 bridgehead atoms. The first-order valence-electron chi connectivity index (χ1n) is 4.63. The fraction of sp³-hybridized carbons (Fsp3) is 0.364. The molecule has 68 valence electrons. The van der Waals surface area contributed by atoms with Crippen molar-refractivity contribution in [3.05, 3.63) is 34.3 Å². The van der Waals surface area contributed by atoms with Crippen molar-refractivity contribution in [3.8, 4) is 0 Å². The second-order valence-corrected chi connectivity index (χ2v) is 3.67. The highest BCUT2D eigenvalue weighted by molar-refractivity contribution is 6.30. The number of rotatable bonds is 1. The van der Waals surface area contributed by atoms with Gasteiger partial charge in [0.1, 0.15) is 0 Å². The quantitative estimate of drug-likeness (QED) is 0.650. The Morgan fingerprint density at radius 1 is 1.46 bits per heavy atom. The zero-order valence-electron chi connectivity index (χ0n) is 7.68. The van der Waals surface area contributed by atoms with E-state index in [1.165, 1.54) is 16.8 Å². The number of halogens is 1. The summed E-state index contributed by atoms with van der Waals surface area (Å²) in [5.74, 6) is 0. The lowest BCUT2D eigenvalue weighted by Gasteiger charge is -2.15. The Balaban J connectivity index is 2.49. The Morgan fingerprint density at radius 2 is 2.31 bits per heavy atom. The smallest absolute Gasteiger partial charge is 0.0433 e. The monoisotopic (exact) mass is 193 g/mol. The van der Waals surface area contributed by atoms with Gasteiger partial charge in [-0.2, -0.15) is 0 Å². The number of nitrogens with zero attached hydrogens (tertiary/aromatic N) is 1. The van der Waals surface area contributed by atoms with E-state index in [-0.39, 0.29) is 0 Å². The highest BCUT2D eigenvalue weighted by Crippen LogP contribution is 2.21. The van der Waals surface area contributed by atoms with Gasteiger partial charge in [-0.25, -0.2) is 0 Å². The van der Waals surface area contributed by atoms with Crippen molar-refractivity contribution >= 4 is 17.3 Å². The van der Waals surface area contributed by atoms with Gasteiger partial charge in [0.25, 0.3) is 0 Å². The summed E-state index contributed by atoms with van der Waals surface area (Å²) in [7, 11) is 0. The molecule has 0 spiro atoms. The molecule has 0 saturated carbocycles. The van der Waals surface area contributed by atoms with Gasteiger partial charge in [0.2, 0.25) is 0 Å². The van der Waals surface area contributed by atoms with Crippen LogP contribution in [0.2, 0.25) is 5.02 Å². The van der Waals surface area contributed by atoms with E-state index < -0.39 is 0 Å². The van der Waals surface area contributed by atoms with Crippen molar-refractivity contribution < 1.29 is 0 Å². The van der Waals surface area contributed by atoms with Crippen LogP contribution in [0.25, 0.3) is 0 Å². The van der Waals surface area contributed by atoms with E-state index in [1.807, 2.05) is 6.07 Å². The molecule has 0 radical (unpaired) electrons. The van der Waals surface area contributed by atoms with Crippen molar-refractivity contribution in [2.45, 2.75) is 19.8 Å². The Bertz CT molecular complexity index is 355. The largest absolute Gasteiger partial charge is 0.289 e. The van der Waals surface area contributed by atoms with Crippen LogP contribution in [0, 0.1) is 0 Å². The number of fused-ring (bicyclic) bond motifs is 1. The molecule has 0 unspecified atom stereocenters. The predicted octanol–water partition coefficient (Wildman–Crippen LogP) is 3.10. The zero-order valence-corrected chi connectivity index (χ0v) is 8.43. The van der Waals surface area contributed by atoms with Crippen LogP contribution in [0.15, 0.2) is 23.2 Å². The summed E-state index contributed by atoms with van der Waals surface area (Å²) in [5, 5.41) is 0.830. The second-order valence-electron chi connectivity index (χ2n) is 3.23. The number of hydrogen-bond donors (Lipinski definition) is 0. The number of aliphatic imine (C=N–C) groups is 1. The molecule has 0 fully saturated rings. The highest BCUT2D eigenvalue weighted by atomic mass is 35.5. The third kappa shape index (κ3) is 1.61. The van der Waals surface area contributed by atoms with Crippen LogP contribution < -0.4 is 0 Å². The van der Waals surface area contributed by atoms with Crippen LogP contribution in [-0.4, -0.2) is 12.3 Å². The SMILES string of the molecule is CCC1=NCCc2cc(Cl)ccc21. The summed E-state index contributed by atoms with van der Waals surface area (Å²) in [5.41, 5.74) is 3.86. The van der Waals surface area contributed by atoms with E-state index in [4.69, 9.17) is 11.6 Å².